The van der Waals surface area contributed by atoms with Crippen LogP contribution in [0, 0.1) is 0 Å². The molecule has 3 aliphatic rings. The van der Waals surface area contributed by atoms with Gasteiger partial charge < -0.3 is 36.2 Å². The summed E-state index contributed by atoms with van der Waals surface area (Å²) in [6.45, 7) is 15.2. The first-order valence-corrected chi connectivity index (χ1v) is 17.1. The van der Waals surface area contributed by atoms with Crippen LogP contribution in [-0.2, 0) is 16.0 Å². The third-order valence-electron chi connectivity index (χ3n) is 8.64. The van der Waals surface area contributed by atoms with Gasteiger partial charge in [-0.15, -0.1) is 0 Å². The fourth-order valence-electron chi connectivity index (χ4n) is 6.23. The number of unbranched alkanes of at least 4 members (excludes halogenated alkanes) is 2. The van der Waals surface area contributed by atoms with E-state index in [9.17, 15) is 9.59 Å². The average molecular weight is 625 g/mol. The quantitative estimate of drug-likeness (QED) is 0.166. The molecule has 5 N–H and O–H groups in total. The number of amidine groups is 1. The Bertz CT molecular complexity index is 1220. The van der Waals surface area contributed by atoms with Crippen LogP contribution in [0.5, 0.6) is 0 Å². The Labute approximate surface area is 269 Å². The van der Waals surface area contributed by atoms with Gasteiger partial charge in [-0.25, -0.2) is 19.6 Å². The lowest BCUT2D eigenvalue weighted by atomic mass is 9.91. The summed E-state index contributed by atoms with van der Waals surface area (Å²) in [4.78, 5) is 38.3. The molecule has 0 aliphatic carbocycles. The number of aryl methyl sites for hydroxylation is 1. The van der Waals surface area contributed by atoms with E-state index in [1.807, 2.05) is 27.7 Å². The third-order valence-corrected chi connectivity index (χ3v) is 8.64. The first-order chi connectivity index (χ1) is 21.6. The second kappa shape index (κ2) is 16.2. The second-order valence-corrected chi connectivity index (χ2v) is 13.5. The molecule has 4 heterocycles. The molecule has 0 spiro atoms. The van der Waals surface area contributed by atoms with Gasteiger partial charge in [0.2, 0.25) is 0 Å². The van der Waals surface area contributed by atoms with E-state index in [0.717, 1.165) is 94.0 Å². The molecular formula is C34H56N8O3. The molecule has 11 nitrogen and oxygen atoms in total. The summed E-state index contributed by atoms with van der Waals surface area (Å²) in [6.07, 6.45) is 9.29. The number of fused-ring (bicyclic) bond motifs is 1. The lowest BCUT2D eigenvalue weighted by molar-refractivity contribution is -0.157. The van der Waals surface area contributed by atoms with Crippen molar-refractivity contribution < 1.29 is 14.3 Å². The molecule has 1 aromatic rings. The fourth-order valence-corrected chi connectivity index (χ4v) is 6.23. The number of aliphatic imine (C=N–C) groups is 1. The number of pyridine rings is 1. The van der Waals surface area contributed by atoms with E-state index in [2.05, 4.69) is 57.5 Å². The zero-order valence-corrected chi connectivity index (χ0v) is 28.4. The molecule has 2 amide bonds. The maximum absolute atomic E-state index is 13.2. The molecule has 4 rings (SSSR count). The maximum atomic E-state index is 13.2. The average Bonchev–Trinajstić information content (AvgIpc) is 3.02. The molecule has 1 aromatic heterocycles. The zero-order chi connectivity index (χ0) is 32.4. The van der Waals surface area contributed by atoms with Gasteiger partial charge in [0.15, 0.2) is 0 Å². The number of aromatic nitrogens is 1. The maximum Gasteiger partial charge on any atom is 0.331 e. The highest BCUT2D eigenvalue weighted by molar-refractivity contribution is 5.99. The molecule has 0 saturated carbocycles. The van der Waals surface area contributed by atoms with Crippen LogP contribution in [0.4, 0.5) is 10.6 Å². The normalized spacial score (nSPS) is 18.5. The van der Waals surface area contributed by atoms with Gasteiger partial charge in [0.05, 0.1) is 0 Å². The van der Waals surface area contributed by atoms with Crippen molar-refractivity contribution in [3.8, 4) is 0 Å². The Balaban J connectivity index is 1.38. The van der Waals surface area contributed by atoms with Gasteiger partial charge in [0, 0.05) is 49.4 Å². The van der Waals surface area contributed by atoms with Crippen LogP contribution in [0.1, 0.15) is 110 Å². The summed E-state index contributed by atoms with van der Waals surface area (Å²) in [5, 5.41) is 16.1. The Kier molecular flexibility index (Phi) is 12.4. The zero-order valence-electron chi connectivity index (χ0n) is 28.4. The van der Waals surface area contributed by atoms with Gasteiger partial charge in [-0.2, -0.15) is 0 Å². The van der Waals surface area contributed by atoms with E-state index in [0.29, 0.717) is 12.6 Å². The number of hydrogen-bond donors (Lipinski definition) is 5. The minimum Gasteiger partial charge on any atom is -0.458 e. The van der Waals surface area contributed by atoms with Crippen LogP contribution >= 0.6 is 0 Å². The van der Waals surface area contributed by atoms with Crippen molar-refractivity contribution in [2.24, 2.45) is 4.99 Å². The molecule has 1 fully saturated rings. The van der Waals surface area contributed by atoms with E-state index in [1.54, 1.807) is 0 Å². The fraction of sp³-hybridized carbons (Fsp3) is 0.706. The first kappa shape index (κ1) is 34.4. The monoisotopic (exact) mass is 624 g/mol. The minimum atomic E-state index is -0.865. The predicted octanol–water partition coefficient (Wildman–Crippen LogP) is 4.77. The number of likely N-dealkylation sites (tertiary alicyclic amines) is 1. The van der Waals surface area contributed by atoms with Crippen molar-refractivity contribution in [1.29, 1.82) is 0 Å². The van der Waals surface area contributed by atoms with E-state index < -0.39 is 17.6 Å². The lowest BCUT2D eigenvalue weighted by Gasteiger charge is -2.37. The summed E-state index contributed by atoms with van der Waals surface area (Å²) in [5.41, 5.74) is 2.91. The summed E-state index contributed by atoms with van der Waals surface area (Å²) < 4.78 is 5.67. The summed E-state index contributed by atoms with van der Waals surface area (Å²) >= 11 is 0. The largest absolute Gasteiger partial charge is 0.458 e. The second-order valence-electron chi connectivity index (χ2n) is 13.5. The van der Waals surface area contributed by atoms with Gasteiger partial charge in [-0.1, -0.05) is 39.2 Å². The Hall–Kier alpha value is -3.50. The van der Waals surface area contributed by atoms with Gasteiger partial charge in [-0.3, -0.25) is 0 Å². The number of hydrogen-bond acceptors (Lipinski definition) is 9. The molecular weight excluding hydrogens is 568 g/mol. The molecule has 0 radical (unpaired) electrons. The van der Waals surface area contributed by atoms with Crippen molar-refractivity contribution in [3.05, 3.63) is 34.8 Å². The highest BCUT2D eigenvalue weighted by atomic mass is 16.6. The highest BCUT2D eigenvalue weighted by Crippen LogP contribution is 2.31. The molecule has 1 saturated heterocycles. The minimum absolute atomic E-state index is 0.0146. The summed E-state index contributed by atoms with van der Waals surface area (Å²) in [6, 6.07) is 3.25. The standard InChI is InChI=1S/C34H56N8O3/c1-7-9-10-12-23(3)39-33(44)41-28(32(43)45-34(4,5)6)21-36-30-26(8-2)31(38-22-37-30)42-19-16-24(17-20-42)27-15-14-25-13-11-18-35-29(25)40-27/h14-15,23-24,28,36-37H,7-13,16-22H2,1-6H3,(H,35,40)(H2,39,41,44)/t23?,28-/m0/s1. The van der Waals surface area contributed by atoms with Crippen LogP contribution in [0.15, 0.2) is 28.5 Å². The van der Waals surface area contributed by atoms with Crippen LogP contribution in [0.3, 0.4) is 0 Å². The van der Waals surface area contributed by atoms with Crippen LogP contribution < -0.4 is 26.6 Å². The molecule has 0 bridgehead atoms. The Morgan fingerprint density at radius 2 is 1.89 bits per heavy atom. The van der Waals surface area contributed by atoms with Crippen molar-refractivity contribution in [3.63, 3.8) is 0 Å². The number of esters is 1. The predicted molar refractivity (Wildman–Crippen MR) is 180 cm³/mol. The molecule has 1 unspecified atom stereocenters. The third kappa shape index (κ3) is 9.99. The number of ether oxygens (including phenoxy) is 1. The van der Waals surface area contributed by atoms with Crippen molar-refractivity contribution >= 4 is 23.7 Å². The number of piperidine rings is 1. The van der Waals surface area contributed by atoms with E-state index in [1.165, 1.54) is 17.7 Å². The van der Waals surface area contributed by atoms with E-state index >= 15 is 0 Å². The number of carbonyl (C=O) groups is 2. The number of urea groups is 1. The van der Waals surface area contributed by atoms with Crippen LogP contribution in [-0.4, -0.2) is 78.3 Å². The molecule has 0 aromatic carbocycles. The SMILES string of the molecule is CCCCCC(C)NC(=O)N[C@@H](CNC1=C(CC)C(N2CCC(c3ccc4c(n3)NCCC4)CC2)=NCN1)C(=O)OC(C)(C)C. The Morgan fingerprint density at radius 3 is 2.60 bits per heavy atom. The van der Waals surface area contributed by atoms with E-state index in [-0.39, 0.29) is 18.6 Å². The van der Waals surface area contributed by atoms with Crippen LogP contribution in [0.2, 0.25) is 0 Å². The van der Waals surface area contributed by atoms with Gasteiger partial charge in [0.25, 0.3) is 0 Å². The van der Waals surface area contributed by atoms with Gasteiger partial charge >= 0.3 is 12.0 Å². The number of amides is 2. The lowest BCUT2D eigenvalue weighted by Crippen LogP contribution is -2.54. The molecule has 45 heavy (non-hydrogen) atoms. The molecule has 2 atom stereocenters. The Morgan fingerprint density at radius 1 is 1.11 bits per heavy atom. The topological polar surface area (TPSA) is 132 Å². The molecule has 11 heteroatoms. The van der Waals surface area contributed by atoms with E-state index in [4.69, 9.17) is 14.7 Å². The molecule has 3 aliphatic heterocycles. The number of anilines is 1. The van der Waals surface area contributed by atoms with Crippen molar-refractivity contribution in [2.75, 3.05) is 38.2 Å². The smallest absolute Gasteiger partial charge is 0.331 e. The number of nitrogens with zero attached hydrogens (tertiary/aromatic N) is 3. The summed E-state index contributed by atoms with van der Waals surface area (Å²) in [7, 11) is 0. The molecule has 250 valence electrons. The number of rotatable bonds is 12. The summed E-state index contributed by atoms with van der Waals surface area (Å²) in [5.74, 6) is 2.87. The van der Waals surface area contributed by atoms with Gasteiger partial charge in [-0.05, 0) is 77.8 Å². The van der Waals surface area contributed by atoms with Crippen molar-refractivity contribution in [1.82, 2.24) is 31.2 Å². The van der Waals surface area contributed by atoms with Gasteiger partial charge in [0.1, 0.15) is 35.8 Å². The van der Waals surface area contributed by atoms with Crippen LogP contribution in [0.25, 0.3) is 0 Å². The first-order valence-electron chi connectivity index (χ1n) is 17.1. The van der Waals surface area contributed by atoms with Crippen molar-refractivity contribution in [2.45, 2.75) is 123 Å². The number of nitrogens with one attached hydrogen (secondary N) is 5. The number of carbonyl (C=O) groups excluding carboxylic acids is 2. The highest BCUT2D eigenvalue weighted by Gasteiger charge is 2.30.